The van der Waals surface area contributed by atoms with Gasteiger partial charge in [-0.1, -0.05) is 6.07 Å². The second-order valence-electron chi connectivity index (χ2n) is 8.32. The molecule has 0 heterocycles. The maximum atomic E-state index is 12.8. The average Bonchev–Trinajstić information content (AvgIpc) is 2.57. The molecule has 8 heteroatoms. The highest BCUT2D eigenvalue weighted by atomic mass is 35.5. The lowest BCUT2D eigenvalue weighted by molar-refractivity contribution is -0.384. The van der Waals surface area contributed by atoms with Crippen LogP contribution in [0.15, 0.2) is 24.3 Å². The number of ether oxygens (including phenoxy) is 1. The van der Waals surface area contributed by atoms with Gasteiger partial charge in [0.2, 0.25) is 0 Å². The summed E-state index contributed by atoms with van der Waals surface area (Å²) >= 11 is 6.73. The van der Waals surface area contributed by atoms with Crippen molar-refractivity contribution in [2.24, 2.45) is 17.3 Å². The molecule has 1 aromatic rings. The van der Waals surface area contributed by atoms with Crippen LogP contribution >= 0.6 is 11.6 Å². The number of alkyl halides is 1. The number of hydrogen-bond donors (Lipinski definition) is 1. The Labute approximate surface area is 161 Å². The number of nitro groups is 1. The molecule has 144 valence electrons. The Kier molecular flexibility index (Phi) is 4.37. The largest absolute Gasteiger partial charge is 0.455 e. The molecular weight excluding hydrogens is 372 g/mol. The van der Waals surface area contributed by atoms with Gasteiger partial charge in [0, 0.05) is 22.7 Å². The highest BCUT2D eigenvalue weighted by Gasteiger charge is 2.60. The standard InChI is InChI=1S/C19H21ClN2O5/c20-19-8-12-4-13(9-19)7-18(6-12,11-19)17(24)27-10-16(23)21-14-2-1-3-15(5-14)22(25)26/h1-3,5,12-13H,4,6-11H2,(H,21,23). The zero-order valence-corrected chi connectivity index (χ0v) is 15.5. The summed E-state index contributed by atoms with van der Waals surface area (Å²) in [5.41, 5.74) is -0.386. The first kappa shape index (κ1) is 18.2. The number of carbonyl (C=O) groups excluding carboxylic acids is 2. The predicted octanol–water partition coefficient (Wildman–Crippen LogP) is 3.65. The first-order valence-electron chi connectivity index (χ1n) is 9.17. The molecule has 2 atom stereocenters. The zero-order valence-electron chi connectivity index (χ0n) is 14.8. The van der Waals surface area contributed by atoms with Gasteiger partial charge >= 0.3 is 5.97 Å². The number of non-ortho nitro benzene ring substituents is 1. The number of carbonyl (C=O) groups is 2. The number of benzene rings is 1. The third kappa shape index (κ3) is 3.52. The van der Waals surface area contributed by atoms with Crippen LogP contribution in [-0.4, -0.2) is 28.3 Å². The minimum Gasteiger partial charge on any atom is -0.455 e. The molecule has 0 aromatic heterocycles. The van der Waals surface area contributed by atoms with Crippen molar-refractivity contribution in [1.82, 2.24) is 0 Å². The zero-order chi connectivity index (χ0) is 19.2. The van der Waals surface area contributed by atoms with E-state index in [0.29, 0.717) is 23.9 Å². The average molecular weight is 393 g/mol. The van der Waals surface area contributed by atoms with E-state index in [-0.39, 0.29) is 16.5 Å². The van der Waals surface area contributed by atoms with Gasteiger partial charge in [0.15, 0.2) is 6.61 Å². The summed E-state index contributed by atoms with van der Waals surface area (Å²) in [5, 5.41) is 13.3. The summed E-state index contributed by atoms with van der Waals surface area (Å²) in [5.74, 6) is 0.0787. The second-order valence-corrected chi connectivity index (χ2v) is 9.13. The molecule has 4 saturated carbocycles. The van der Waals surface area contributed by atoms with Crippen molar-refractivity contribution >= 4 is 34.9 Å². The maximum absolute atomic E-state index is 12.8. The number of anilines is 1. The molecule has 1 aromatic carbocycles. The van der Waals surface area contributed by atoms with Crippen molar-refractivity contribution < 1.29 is 19.2 Å². The van der Waals surface area contributed by atoms with Gasteiger partial charge < -0.3 is 10.1 Å². The number of nitrogens with zero attached hydrogens (tertiary/aromatic N) is 1. The third-order valence-corrected chi connectivity index (χ3v) is 6.54. The quantitative estimate of drug-likeness (QED) is 0.357. The summed E-state index contributed by atoms with van der Waals surface area (Å²) in [6.07, 6.45) is 5.28. The number of nitrogens with one attached hydrogen (secondary N) is 1. The van der Waals surface area contributed by atoms with Crippen molar-refractivity contribution in [3.8, 4) is 0 Å². The van der Waals surface area contributed by atoms with E-state index in [9.17, 15) is 19.7 Å². The second kappa shape index (κ2) is 6.48. The molecule has 27 heavy (non-hydrogen) atoms. The van der Waals surface area contributed by atoms with Crippen molar-refractivity contribution in [2.45, 2.75) is 43.4 Å². The summed E-state index contributed by atoms with van der Waals surface area (Å²) in [6.45, 7) is -0.409. The van der Waals surface area contributed by atoms with Gasteiger partial charge in [-0.3, -0.25) is 19.7 Å². The fourth-order valence-corrected chi connectivity index (χ4v) is 6.26. The van der Waals surface area contributed by atoms with Gasteiger partial charge in [0.1, 0.15) is 0 Å². The number of nitro benzene ring substituents is 1. The highest BCUT2D eigenvalue weighted by Crippen LogP contribution is 2.64. The fraction of sp³-hybridized carbons (Fsp3) is 0.579. The van der Waals surface area contributed by atoms with Crippen LogP contribution in [0, 0.1) is 27.4 Å². The van der Waals surface area contributed by atoms with Gasteiger partial charge in [-0.05, 0) is 56.4 Å². The topological polar surface area (TPSA) is 98.5 Å². The first-order chi connectivity index (χ1) is 12.8. The molecule has 1 amide bonds. The Morgan fingerprint density at radius 3 is 2.59 bits per heavy atom. The summed E-state index contributed by atoms with van der Waals surface area (Å²) in [7, 11) is 0. The molecule has 4 fully saturated rings. The van der Waals surface area contributed by atoms with E-state index in [1.54, 1.807) is 6.07 Å². The number of rotatable bonds is 5. The number of amides is 1. The molecule has 7 nitrogen and oxygen atoms in total. The summed E-state index contributed by atoms with van der Waals surface area (Å²) < 4.78 is 5.34. The minimum absolute atomic E-state index is 0.120. The van der Waals surface area contributed by atoms with Gasteiger partial charge in [0.05, 0.1) is 10.3 Å². The molecule has 4 aliphatic carbocycles. The lowest BCUT2D eigenvalue weighted by atomic mass is 9.49. The van der Waals surface area contributed by atoms with E-state index in [2.05, 4.69) is 5.32 Å². The monoisotopic (exact) mass is 392 g/mol. The van der Waals surface area contributed by atoms with Crippen LogP contribution in [0.3, 0.4) is 0 Å². The Hall–Kier alpha value is -2.15. The first-order valence-corrected chi connectivity index (χ1v) is 9.55. The van der Waals surface area contributed by atoms with Gasteiger partial charge in [-0.15, -0.1) is 11.6 Å². The number of esters is 1. The van der Waals surface area contributed by atoms with Crippen LogP contribution in [0.2, 0.25) is 0 Å². The maximum Gasteiger partial charge on any atom is 0.312 e. The molecular formula is C19H21ClN2O5. The normalized spacial score (nSPS) is 33.5. The smallest absolute Gasteiger partial charge is 0.312 e. The Bertz CT molecular complexity index is 797. The van der Waals surface area contributed by atoms with E-state index in [1.165, 1.54) is 18.2 Å². The highest BCUT2D eigenvalue weighted by molar-refractivity contribution is 6.24. The Morgan fingerprint density at radius 2 is 1.96 bits per heavy atom. The third-order valence-electron chi connectivity index (χ3n) is 6.10. The van der Waals surface area contributed by atoms with E-state index in [0.717, 1.165) is 32.1 Å². The van der Waals surface area contributed by atoms with Crippen molar-refractivity contribution in [3.63, 3.8) is 0 Å². The molecule has 1 N–H and O–H groups in total. The number of hydrogen-bond acceptors (Lipinski definition) is 5. The molecule has 5 rings (SSSR count). The van der Waals surface area contributed by atoms with Gasteiger partial charge in [-0.2, -0.15) is 0 Å². The van der Waals surface area contributed by atoms with Gasteiger partial charge in [-0.25, -0.2) is 0 Å². The van der Waals surface area contributed by atoms with Crippen LogP contribution in [-0.2, 0) is 14.3 Å². The molecule has 0 saturated heterocycles. The molecule has 4 bridgehead atoms. The van der Waals surface area contributed by atoms with Crippen molar-refractivity contribution in [1.29, 1.82) is 0 Å². The van der Waals surface area contributed by atoms with Crippen LogP contribution < -0.4 is 5.32 Å². The van der Waals surface area contributed by atoms with E-state index >= 15 is 0 Å². The summed E-state index contributed by atoms with van der Waals surface area (Å²) in [6, 6.07) is 5.62. The van der Waals surface area contributed by atoms with E-state index < -0.39 is 22.9 Å². The fourth-order valence-electron chi connectivity index (χ4n) is 5.57. The molecule has 2 unspecified atom stereocenters. The SMILES string of the molecule is O=C(COC(=O)C12CC3CC(CC(Cl)(C3)C1)C2)Nc1cccc([N+](=O)[O-])c1. The Balaban J connectivity index is 1.36. The minimum atomic E-state index is -0.558. The number of halogens is 1. The van der Waals surface area contributed by atoms with Crippen LogP contribution in [0.5, 0.6) is 0 Å². The predicted molar refractivity (Wildman–Crippen MR) is 98.4 cm³/mol. The van der Waals surface area contributed by atoms with E-state index in [1.807, 2.05) is 0 Å². The molecule has 0 spiro atoms. The molecule has 0 aliphatic heterocycles. The van der Waals surface area contributed by atoms with E-state index in [4.69, 9.17) is 16.3 Å². The Morgan fingerprint density at radius 1 is 1.26 bits per heavy atom. The van der Waals surface area contributed by atoms with Gasteiger partial charge in [0.25, 0.3) is 11.6 Å². The van der Waals surface area contributed by atoms with Crippen LogP contribution in [0.4, 0.5) is 11.4 Å². The lowest BCUT2D eigenvalue weighted by Gasteiger charge is -2.58. The van der Waals surface area contributed by atoms with Crippen molar-refractivity contribution in [3.05, 3.63) is 34.4 Å². The van der Waals surface area contributed by atoms with Crippen LogP contribution in [0.25, 0.3) is 0 Å². The lowest BCUT2D eigenvalue weighted by Crippen LogP contribution is -2.56. The molecule has 0 radical (unpaired) electrons. The van der Waals surface area contributed by atoms with Crippen molar-refractivity contribution in [2.75, 3.05) is 11.9 Å². The summed E-state index contributed by atoms with van der Waals surface area (Å²) in [4.78, 5) is 34.9. The van der Waals surface area contributed by atoms with Crippen LogP contribution in [0.1, 0.15) is 38.5 Å². The molecule has 4 aliphatic rings.